The van der Waals surface area contributed by atoms with Crippen molar-refractivity contribution >= 4 is 28.3 Å². The number of rotatable bonds is 4. The highest BCUT2D eigenvalue weighted by Gasteiger charge is 2.17. The van der Waals surface area contributed by atoms with Crippen molar-refractivity contribution in [2.45, 2.75) is 27.2 Å². The molecule has 0 aliphatic carbocycles. The molecule has 1 heterocycles. The van der Waals surface area contributed by atoms with E-state index in [2.05, 4.69) is 15.0 Å². The lowest BCUT2D eigenvalue weighted by Gasteiger charge is -2.06. The number of hydrogen-bond donors (Lipinski definition) is 1. The largest absolute Gasteiger partial charge is 0.465 e. The van der Waals surface area contributed by atoms with Crippen LogP contribution in [0.3, 0.4) is 0 Å². The molecule has 22 heavy (non-hydrogen) atoms. The first-order chi connectivity index (χ1) is 10.4. The average Bonchev–Trinajstić information content (AvgIpc) is 2.81. The molecule has 6 heteroatoms. The molecule has 2 rings (SSSR count). The SMILES string of the molecule is COC(=O)c1sc(NC(=O)Cc2ccc(C)cc2C)nc1C. The number of nitrogens with zero attached hydrogens (tertiary/aromatic N) is 1. The second kappa shape index (κ2) is 6.70. The molecular weight excluding hydrogens is 300 g/mol. The number of esters is 1. The highest BCUT2D eigenvalue weighted by Crippen LogP contribution is 2.23. The number of carbonyl (C=O) groups is 2. The Bertz CT molecular complexity index is 722. The van der Waals surface area contributed by atoms with Crippen molar-refractivity contribution in [3.63, 3.8) is 0 Å². The number of nitrogens with one attached hydrogen (secondary N) is 1. The summed E-state index contributed by atoms with van der Waals surface area (Å²) >= 11 is 1.12. The fourth-order valence-corrected chi connectivity index (χ4v) is 3.01. The third-order valence-corrected chi connectivity index (χ3v) is 4.32. The van der Waals surface area contributed by atoms with Gasteiger partial charge in [0.1, 0.15) is 4.88 Å². The molecule has 1 amide bonds. The number of aromatic nitrogens is 1. The Labute approximate surface area is 133 Å². The Hall–Kier alpha value is -2.21. The smallest absolute Gasteiger partial charge is 0.350 e. The fourth-order valence-electron chi connectivity index (χ4n) is 2.11. The molecule has 0 saturated heterocycles. The van der Waals surface area contributed by atoms with Crippen molar-refractivity contribution < 1.29 is 14.3 Å². The standard InChI is InChI=1S/C16H18N2O3S/c1-9-5-6-12(10(2)7-9)8-13(19)18-16-17-11(3)14(22-16)15(20)21-4/h5-7H,8H2,1-4H3,(H,17,18,19). The van der Waals surface area contributed by atoms with Gasteiger partial charge in [-0.25, -0.2) is 9.78 Å². The maximum Gasteiger partial charge on any atom is 0.350 e. The summed E-state index contributed by atoms with van der Waals surface area (Å²) in [6.07, 6.45) is 0.276. The number of thiazole rings is 1. The van der Waals surface area contributed by atoms with Crippen LogP contribution < -0.4 is 5.32 Å². The van der Waals surface area contributed by atoms with Gasteiger partial charge in [-0.3, -0.25) is 4.79 Å². The van der Waals surface area contributed by atoms with Gasteiger partial charge in [-0.05, 0) is 31.9 Å². The lowest BCUT2D eigenvalue weighted by molar-refractivity contribution is -0.115. The molecule has 1 aromatic heterocycles. The van der Waals surface area contributed by atoms with Crippen LogP contribution in [0.4, 0.5) is 5.13 Å². The van der Waals surface area contributed by atoms with Crippen LogP contribution in [0.15, 0.2) is 18.2 Å². The zero-order valence-electron chi connectivity index (χ0n) is 13.0. The first-order valence-corrected chi connectivity index (χ1v) is 7.64. The molecule has 1 N–H and O–H groups in total. The predicted octanol–water partition coefficient (Wildman–Crippen LogP) is 3.04. The number of methoxy groups -OCH3 is 1. The zero-order valence-corrected chi connectivity index (χ0v) is 13.8. The molecule has 0 aliphatic rings. The van der Waals surface area contributed by atoms with Gasteiger partial charge in [0.15, 0.2) is 5.13 Å². The second-order valence-corrected chi connectivity index (χ2v) is 6.08. The van der Waals surface area contributed by atoms with E-state index < -0.39 is 5.97 Å². The molecule has 0 fully saturated rings. The predicted molar refractivity (Wildman–Crippen MR) is 86.4 cm³/mol. The number of carbonyl (C=O) groups excluding carboxylic acids is 2. The second-order valence-electron chi connectivity index (χ2n) is 5.08. The van der Waals surface area contributed by atoms with Crippen LogP contribution in [0.5, 0.6) is 0 Å². The van der Waals surface area contributed by atoms with Gasteiger partial charge >= 0.3 is 5.97 Å². The first-order valence-electron chi connectivity index (χ1n) is 6.82. The normalized spacial score (nSPS) is 10.4. The third kappa shape index (κ3) is 3.71. The van der Waals surface area contributed by atoms with E-state index in [0.29, 0.717) is 15.7 Å². The minimum atomic E-state index is -0.440. The Morgan fingerprint density at radius 2 is 2.00 bits per heavy atom. The van der Waals surface area contributed by atoms with Crippen molar-refractivity contribution in [2.75, 3.05) is 12.4 Å². The Morgan fingerprint density at radius 1 is 1.27 bits per heavy atom. The molecule has 2 aromatic rings. The van der Waals surface area contributed by atoms with Gasteiger partial charge in [0.25, 0.3) is 0 Å². The van der Waals surface area contributed by atoms with Crippen LogP contribution >= 0.6 is 11.3 Å². The van der Waals surface area contributed by atoms with Gasteiger partial charge < -0.3 is 10.1 Å². The minimum absolute atomic E-state index is 0.155. The number of ether oxygens (including phenoxy) is 1. The van der Waals surface area contributed by atoms with Gasteiger partial charge in [0, 0.05) is 0 Å². The van der Waals surface area contributed by atoms with E-state index in [1.807, 2.05) is 32.0 Å². The maximum atomic E-state index is 12.1. The quantitative estimate of drug-likeness (QED) is 0.880. The molecule has 1 aromatic carbocycles. The third-order valence-electron chi connectivity index (χ3n) is 3.26. The van der Waals surface area contributed by atoms with E-state index in [-0.39, 0.29) is 12.3 Å². The van der Waals surface area contributed by atoms with Crippen molar-refractivity contribution in [3.8, 4) is 0 Å². The van der Waals surface area contributed by atoms with E-state index >= 15 is 0 Å². The fraction of sp³-hybridized carbons (Fsp3) is 0.312. The van der Waals surface area contributed by atoms with Crippen molar-refractivity contribution in [1.29, 1.82) is 0 Å². The summed E-state index contributed by atoms with van der Waals surface area (Å²) in [6, 6.07) is 5.99. The van der Waals surface area contributed by atoms with Gasteiger partial charge in [-0.15, -0.1) is 0 Å². The molecular formula is C16H18N2O3S. The van der Waals surface area contributed by atoms with Crippen LogP contribution in [0.1, 0.15) is 32.1 Å². The van der Waals surface area contributed by atoms with E-state index in [0.717, 1.165) is 22.5 Å². The molecule has 0 radical (unpaired) electrons. The van der Waals surface area contributed by atoms with Crippen LogP contribution in [0.2, 0.25) is 0 Å². The molecule has 116 valence electrons. The average molecular weight is 318 g/mol. The Morgan fingerprint density at radius 3 is 2.64 bits per heavy atom. The Kier molecular flexibility index (Phi) is 4.92. The topological polar surface area (TPSA) is 68.3 Å². The van der Waals surface area contributed by atoms with Gasteiger partial charge in [-0.1, -0.05) is 35.1 Å². The molecule has 5 nitrogen and oxygen atoms in total. The number of aryl methyl sites for hydroxylation is 3. The first kappa shape index (κ1) is 16.2. The van der Waals surface area contributed by atoms with Gasteiger partial charge in [-0.2, -0.15) is 0 Å². The molecule has 0 unspecified atom stereocenters. The highest BCUT2D eigenvalue weighted by atomic mass is 32.1. The molecule has 0 aliphatic heterocycles. The number of anilines is 1. The van der Waals surface area contributed by atoms with Crippen LogP contribution in [-0.2, 0) is 16.0 Å². The Balaban J connectivity index is 2.07. The number of benzene rings is 1. The van der Waals surface area contributed by atoms with Gasteiger partial charge in [0.2, 0.25) is 5.91 Å². The van der Waals surface area contributed by atoms with Crippen LogP contribution in [-0.4, -0.2) is 24.0 Å². The maximum absolute atomic E-state index is 12.1. The molecule has 0 spiro atoms. The lowest BCUT2D eigenvalue weighted by atomic mass is 10.0. The monoisotopic (exact) mass is 318 g/mol. The van der Waals surface area contributed by atoms with E-state index in [1.165, 1.54) is 12.7 Å². The summed E-state index contributed by atoms with van der Waals surface area (Å²) < 4.78 is 4.68. The minimum Gasteiger partial charge on any atom is -0.465 e. The van der Waals surface area contributed by atoms with E-state index in [4.69, 9.17) is 0 Å². The highest BCUT2D eigenvalue weighted by molar-refractivity contribution is 7.17. The summed E-state index contributed by atoms with van der Waals surface area (Å²) in [6.45, 7) is 5.71. The number of hydrogen-bond acceptors (Lipinski definition) is 5. The molecule has 0 bridgehead atoms. The van der Waals surface area contributed by atoms with E-state index in [1.54, 1.807) is 6.92 Å². The van der Waals surface area contributed by atoms with E-state index in [9.17, 15) is 9.59 Å². The van der Waals surface area contributed by atoms with Crippen molar-refractivity contribution in [2.24, 2.45) is 0 Å². The molecule has 0 saturated carbocycles. The van der Waals surface area contributed by atoms with Crippen LogP contribution in [0.25, 0.3) is 0 Å². The lowest BCUT2D eigenvalue weighted by Crippen LogP contribution is -2.14. The van der Waals surface area contributed by atoms with Crippen molar-refractivity contribution in [1.82, 2.24) is 4.98 Å². The summed E-state index contributed by atoms with van der Waals surface area (Å²) in [5.74, 6) is -0.595. The zero-order chi connectivity index (χ0) is 16.3. The summed E-state index contributed by atoms with van der Waals surface area (Å²) in [5, 5.41) is 3.14. The van der Waals surface area contributed by atoms with Crippen LogP contribution in [0, 0.1) is 20.8 Å². The summed E-state index contributed by atoms with van der Waals surface area (Å²) in [4.78, 5) is 28.2. The van der Waals surface area contributed by atoms with Crippen molar-refractivity contribution in [3.05, 3.63) is 45.5 Å². The summed E-state index contributed by atoms with van der Waals surface area (Å²) in [7, 11) is 1.32. The summed E-state index contributed by atoms with van der Waals surface area (Å²) in [5.41, 5.74) is 3.78. The number of amides is 1. The molecule has 0 atom stereocenters. The van der Waals surface area contributed by atoms with Gasteiger partial charge in [0.05, 0.1) is 19.2 Å².